The Balaban J connectivity index is 1.89. The topological polar surface area (TPSA) is 52.6 Å². The van der Waals surface area contributed by atoms with Crippen LogP contribution in [0, 0.1) is 11.8 Å². The van der Waals surface area contributed by atoms with Crippen LogP contribution in [0.15, 0.2) is 24.3 Å². The Morgan fingerprint density at radius 1 is 1.33 bits per heavy atom. The molecule has 0 spiro atoms. The molecule has 0 aliphatic heterocycles. The molecule has 24 heavy (non-hydrogen) atoms. The molecule has 1 fully saturated rings. The third-order valence-corrected chi connectivity index (χ3v) is 4.73. The van der Waals surface area contributed by atoms with E-state index in [1.165, 1.54) is 6.42 Å². The van der Waals surface area contributed by atoms with Gasteiger partial charge < -0.3 is 15.3 Å². The molecule has 2 unspecified atom stereocenters. The molecule has 2 N–H and O–H groups in total. The lowest BCUT2D eigenvalue weighted by atomic mass is 9.86. The van der Waals surface area contributed by atoms with Crippen LogP contribution in [0.5, 0.6) is 0 Å². The number of nitrogens with zero attached hydrogens (tertiary/aromatic N) is 1. The number of carbonyl (C=O) groups excluding carboxylic acids is 1. The van der Waals surface area contributed by atoms with Crippen LogP contribution in [0.3, 0.4) is 0 Å². The van der Waals surface area contributed by atoms with Crippen LogP contribution < -0.4 is 5.32 Å². The first-order valence-electron chi connectivity index (χ1n) is 9.19. The average Bonchev–Trinajstić information content (AvgIpc) is 2.55. The number of nitrogens with one attached hydrogen (secondary N) is 1. The quantitative estimate of drug-likeness (QED) is 0.807. The number of aliphatic hydroxyl groups is 1. The molecular formula is C20H32N2O2. The van der Waals surface area contributed by atoms with Crippen LogP contribution in [-0.4, -0.2) is 42.2 Å². The maximum absolute atomic E-state index is 12.2. The van der Waals surface area contributed by atoms with Crippen molar-refractivity contribution in [3.8, 4) is 0 Å². The lowest BCUT2D eigenvalue weighted by Gasteiger charge is -2.31. The Morgan fingerprint density at radius 3 is 2.79 bits per heavy atom. The fourth-order valence-corrected chi connectivity index (χ4v) is 3.39. The molecule has 4 nitrogen and oxygen atoms in total. The summed E-state index contributed by atoms with van der Waals surface area (Å²) in [6.45, 7) is 6.58. The van der Waals surface area contributed by atoms with Gasteiger partial charge >= 0.3 is 0 Å². The van der Waals surface area contributed by atoms with Crippen LogP contribution in [-0.2, 0) is 6.54 Å². The highest BCUT2D eigenvalue weighted by Gasteiger charge is 2.24. The summed E-state index contributed by atoms with van der Waals surface area (Å²) >= 11 is 0. The smallest absolute Gasteiger partial charge is 0.251 e. The molecule has 1 aliphatic rings. The van der Waals surface area contributed by atoms with Gasteiger partial charge in [0.25, 0.3) is 5.91 Å². The minimum Gasteiger partial charge on any atom is -0.393 e. The lowest BCUT2D eigenvalue weighted by Crippen LogP contribution is -2.34. The Morgan fingerprint density at radius 2 is 2.08 bits per heavy atom. The Bertz CT molecular complexity index is 530. The van der Waals surface area contributed by atoms with E-state index < -0.39 is 0 Å². The van der Waals surface area contributed by atoms with Crippen molar-refractivity contribution in [3.63, 3.8) is 0 Å². The van der Waals surface area contributed by atoms with Crippen molar-refractivity contribution in [1.29, 1.82) is 0 Å². The third-order valence-electron chi connectivity index (χ3n) is 4.73. The molecule has 2 rings (SSSR count). The minimum absolute atomic E-state index is 0.00379. The summed E-state index contributed by atoms with van der Waals surface area (Å²) in [7, 11) is 2.09. The highest BCUT2D eigenvalue weighted by atomic mass is 16.3. The van der Waals surface area contributed by atoms with Gasteiger partial charge in [-0.05, 0) is 49.4 Å². The zero-order valence-corrected chi connectivity index (χ0v) is 15.3. The van der Waals surface area contributed by atoms with Crippen molar-refractivity contribution in [2.45, 2.75) is 52.2 Å². The van der Waals surface area contributed by atoms with Crippen molar-refractivity contribution in [3.05, 3.63) is 35.4 Å². The molecule has 0 heterocycles. The number of amides is 1. The second kappa shape index (κ2) is 9.19. The molecule has 1 aromatic carbocycles. The lowest BCUT2D eigenvalue weighted by molar-refractivity contribution is 0.0502. The van der Waals surface area contributed by atoms with Gasteiger partial charge in [-0.1, -0.05) is 38.8 Å². The first-order valence-corrected chi connectivity index (χ1v) is 9.19. The summed E-state index contributed by atoms with van der Waals surface area (Å²) in [5.74, 6) is 0.822. The van der Waals surface area contributed by atoms with Crippen LogP contribution in [0.25, 0.3) is 0 Å². The zero-order valence-electron chi connectivity index (χ0n) is 15.3. The van der Waals surface area contributed by atoms with E-state index in [1.54, 1.807) is 0 Å². The SMILES string of the molecule is CC(C)CNC(=O)c1cccc(CN(C)CC2CCCCC2O)c1. The van der Waals surface area contributed by atoms with E-state index in [1.807, 2.05) is 18.2 Å². The maximum Gasteiger partial charge on any atom is 0.251 e. The molecule has 4 heteroatoms. The highest BCUT2D eigenvalue weighted by Crippen LogP contribution is 2.25. The first kappa shape index (κ1) is 18.9. The van der Waals surface area contributed by atoms with Gasteiger partial charge in [0.1, 0.15) is 0 Å². The number of rotatable bonds is 7. The highest BCUT2D eigenvalue weighted by molar-refractivity contribution is 5.94. The molecule has 0 radical (unpaired) electrons. The second-order valence-electron chi connectivity index (χ2n) is 7.61. The minimum atomic E-state index is -0.158. The molecule has 1 aromatic rings. The van der Waals surface area contributed by atoms with Crippen molar-refractivity contribution in [1.82, 2.24) is 10.2 Å². The van der Waals surface area contributed by atoms with Gasteiger partial charge in [-0.25, -0.2) is 0 Å². The van der Waals surface area contributed by atoms with Crippen LogP contribution in [0.2, 0.25) is 0 Å². The van der Waals surface area contributed by atoms with Gasteiger partial charge in [0.15, 0.2) is 0 Å². The van der Waals surface area contributed by atoms with E-state index in [0.29, 0.717) is 18.4 Å². The van der Waals surface area contributed by atoms with E-state index in [0.717, 1.165) is 43.5 Å². The fraction of sp³-hybridized carbons (Fsp3) is 0.650. The van der Waals surface area contributed by atoms with Crippen molar-refractivity contribution in [2.75, 3.05) is 20.1 Å². The molecule has 1 saturated carbocycles. The normalized spacial score (nSPS) is 21.2. The third kappa shape index (κ3) is 5.91. The number of hydrogen-bond donors (Lipinski definition) is 2. The van der Waals surface area contributed by atoms with Crippen LogP contribution >= 0.6 is 0 Å². The van der Waals surface area contributed by atoms with Gasteiger partial charge in [-0.2, -0.15) is 0 Å². The summed E-state index contributed by atoms with van der Waals surface area (Å²) in [6, 6.07) is 7.85. The Hall–Kier alpha value is -1.39. The summed E-state index contributed by atoms with van der Waals surface area (Å²) in [4.78, 5) is 14.4. The average molecular weight is 332 g/mol. The predicted octanol–water partition coefficient (Wildman–Crippen LogP) is 3.06. The molecule has 0 saturated heterocycles. The first-order chi connectivity index (χ1) is 11.5. The van der Waals surface area contributed by atoms with Gasteiger partial charge in [0.05, 0.1) is 6.10 Å². The van der Waals surface area contributed by atoms with Gasteiger partial charge in [-0.3, -0.25) is 4.79 Å². The van der Waals surface area contributed by atoms with Crippen molar-refractivity contribution in [2.24, 2.45) is 11.8 Å². The second-order valence-corrected chi connectivity index (χ2v) is 7.61. The molecule has 2 atom stereocenters. The largest absolute Gasteiger partial charge is 0.393 e. The summed E-state index contributed by atoms with van der Waals surface area (Å²) in [5, 5.41) is 13.1. The van der Waals surface area contributed by atoms with Gasteiger partial charge in [0, 0.05) is 25.2 Å². The molecule has 1 amide bonds. The number of benzene rings is 1. The molecule has 0 bridgehead atoms. The van der Waals surface area contributed by atoms with E-state index in [-0.39, 0.29) is 12.0 Å². The fourth-order valence-electron chi connectivity index (χ4n) is 3.39. The molecule has 1 aliphatic carbocycles. The van der Waals surface area contributed by atoms with Crippen LogP contribution in [0.4, 0.5) is 0 Å². The summed E-state index contributed by atoms with van der Waals surface area (Å²) in [5.41, 5.74) is 1.86. The standard InChI is InChI=1S/C20H32N2O2/c1-15(2)12-21-20(24)17-9-6-7-16(11-17)13-22(3)14-18-8-4-5-10-19(18)23/h6-7,9,11,15,18-19,23H,4-5,8,10,12-14H2,1-3H3,(H,21,24). The monoisotopic (exact) mass is 332 g/mol. The van der Waals surface area contributed by atoms with Gasteiger partial charge in [0.2, 0.25) is 0 Å². The molecule has 134 valence electrons. The Labute approximate surface area is 146 Å². The van der Waals surface area contributed by atoms with Crippen molar-refractivity contribution < 1.29 is 9.90 Å². The van der Waals surface area contributed by atoms with E-state index in [4.69, 9.17) is 0 Å². The number of carbonyl (C=O) groups is 1. The van der Waals surface area contributed by atoms with Crippen LogP contribution in [0.1, 0.15) is 55.5 Å². The van der Waals surface area contributed by atoms with Gasteiger partial charge in [-0.15, -0.1) is 0 Å². The summed E-state index contributed by atoms with van der Waals surface area (Å²) in [6.07, 6.45) is 4.26. The number of aliphatic hydroxyl groups excluding tert-OH is 1. The van der Waals surface area contributed by atoms with E-state index in [2.05, 4.69) is 37.2 Å². The predicted molar refractivity (Wildman–Crippen MR) is 97.9 cm³/mol. The zero-order chi connectivity index (χ0) is 17.5. The van der Waals surface area contributed by atoms with E-state index >= 15 is 0 Å². The maximum atomic E-state index is 12.2. The Kier molecular flexibility index (Phi) is 7.25. The molecule has 0 aromatic heterocycles. The summed E-state index contributed by atoms with van der Waals surface area (Å²) < 4.78 is 0. The van der Waals surface area contributed by atoms with Crippen molar-refractivity contribution >= 4 is 5.91 Å². The molecular weight excluding hydrogens is 300 g/mol. The number of hydrogen-bond acceptors (Lipinski definition) is 3. The van der Waals surface area contributed by atoms with E-state index in [9.17, 15) is 9.90 Å².